The van der Waals surface area contributed by atoms with E-state index >= 15 is 0 Å². The molecule has 1 amide bonds. The van der Waals surface area contributed by atoms with Gasteiger partial charge < -0.3 is 5.32 Å². The Morgan fingerprint density at radius 2 is 1.41 bits per heavy atom. The highest BCUT2D eigenvalue weighted by Gasteiger charge is 2.23. The van der Waals surface area contributed by atoms with Gasteiger partial charge in [-0.3, -0.25) is 15.6 Å². The predicted octanol–water partition coefficient (Wildman–Crippen LogP) is 4.34. The summed E-state index contributed by atoms with van der Waals surface area (Å²) in [6.45, 7) is 1.75. The number of para-hydroxylation sites is 1. The van der Waals surface area contributed by atoms with E-state index in [1.165, 1.54) is 0 Å². The van der Waals surface area contributed by atoms with Crippen LogP contribution in [0.5, 0.6) is 0 Å². The highest BCUT2D eigenvalue weighted by Crippen LogP contribution is 2.37. The lowest BCUT2D eigenvalue weighted by Crippen LogP contribution is -2.44. The molecule has 39 heavy (non-hydrogen) atoms. The number of rotatable bonds is 4. The molecule has 6 aromatic rings. The second-order valence-electron chi connectivity index (χ2n) is 8.62. The molecule has 0 spiro atoms. The summed E-state index contributed by atoms with van der Waals surface area (Å²) in [7, 11) is 0. The van der Waals surface area contributed by atoms with Crippen molar-refractivity contribution in [1.29, 1.82) is 0 Å². The number of hydrazine groups is 1. The molecular formula is C28H21N9OS. The maximum Gasteiger partial charge on any atom is 0.292 e. The van der Waals surface area contributed by atoms with Crippen LogP contribution in [0.25, 0.3) is 39.1 Å². The average Bonchev–Trinajstić information content (AvgIpc) is 3.37. The van der Waals surface area contributed by atoms with Crippen molar-refractivity contribution in [2.24, 2.45) is 0 Å². The lowest BCUT2D eigenvalue weighted by molar-refractivity contribution is 0.0936. The summed E-state index contributed by atoms with van der Waals surface area (Å²) in [5, 5.41) is 26.2. The lowest BCUT2D eigenvalue weighted by atomic mass is 9.97. The fourth-order valence-electron chi connectivity index (χ4n) is 4.30. The number of nitrogens with one attached hydrogen (secondary N) is 3. The van der Waals surface area contributed by atoms with Crippen LogP contribution in [-0.4, -0.2) is 41.0 Å². The first-order valence-corrected chi connectivity index (χ1v) is 12.5. The van der Waals surface area contributed by atoms with E-state index in [1.54, 1.807) is 11.4 Å². The van der Waals surface area contributed by atoms with Crippen molar-refractivity contribution in [2.75, 3.05) is 5.32 Å². The van der Waals surface area contributed by atoms with Crippen LogP contribution in [0.2, 0.25) is 0 Å². The summed E-state index contributed by atoms with van der Waals surface area (Å²) in [6, 6.07) is 29.1. The largest absolute Gasteiger partial charge is 0.331 e. The van der Waals surface area contributed by atoms with Crippen LogP contribution in [0.4, 0.5) is 5.69 Å². The minimum Gasteiger partial charge on any atom is -0.331 e. The third-order valence-electron chi connectivity index (χ3n) is 6.13. The number of amides is 1. The molecule has 0 aliphatic rings. The molecule has 0 saturated carbocycles. The summed E-state index contributed by atoms with van der Waals surface area (Å²) in [5.41, 5.74) is 10.9. The second kappa shape index (κ2) is 10.2. The van der Waals surface area contributed by atoms with E-state index in [0.717, 1.165) is 22.4 Å². The maximum absolute atomic E-state index is 13.0. The van der Waals surface area contributed by atoms with Gasteiger partial charge in [-0.2, -0.15) is 0 Å². The van der Waals surface area contributed by atoms with Gasteiger partial charge in [-0.25, -0.2) is 4.52 Å². The molecule has 0 bridgehead atoms. The molecule has 0 saturated heterocycles. The minimum absolute atomic E-state index is 0.0859. The number of nitrogens with zero attached hydrogens (tertiary/aromatic N) is 6. The van der Waals surface area contributed by atoms with Gasteiger partial charge in [0.05, 0.1) is 11.1 Å². The Kier molecular flexibility index (Phi) is 6.31. The number of carbonyl (C=O) groups is 1. The third-order valence-corrected chi connectivity index (χ3v) is 6.33. The van der Waals surface area contributed by atoms with E-state index in [-0.39, 0.29) is 10.8 Å². The van der Waals surface area contributed by atoms with E-state index in [0.29, 0.717) is 28.1 Å². The Morgan fingerprint density at radius 1 is 0.769 bits per heavy atom. The van der Waals surface area contributed by atoms with Crippen molar-refractivity contribution in [3.05, 3.63) is 102 Å². The number of anilines is 1. The van der Waals surface area contributed by atoms with Crippen molar-refractivity contribution in [3.8, 4) is 22.4 Å². The van der Waals surface area contributed by atoms with Crippen molar-refractivity contribution in [3.63, 3.8) is 0 Å². The number of fused-ring (bicyclic) bond motifs is 3. The van der Waals surface area contributed by atoms with E-state index < -0.39 is 5.91 Å². The van der Waals surface area contributed by atoms with Gasteiger partial charge in [-0.05, 0) is 36.8 Å². The number of thiocarbonyl (C=S) groups is 1. The fourth-order valence-corrected chi connectivity index (χ4v) is 4.47. The van der Waals surface area contributed by atoms with Crippen molar-refractivity contribution in [1.82, 2.24) is 40.9 Å². The molecule has 0 radical (unpaired) electrons. The van der Waals surface area contributed by atoms with Gasteiger partial charge in [0.25, 0.3) is 5.91 Å². The standard InChI is InChI=1S/C28H21N9OS/c1-17-23(27(38)34-35-28(39)29-20-15-9-4-10-16-20)30-33-26-22-21(18-11-5-2-6-12-18)24(19-13-7-3-8-14-19)31-32-25(22)36-37(17)26/h2-16H,1H3,(H,34,38)(H2,29,35,39). The minimum atomic E-state index is -0.516. The number of benzene rings is 3. The number of hydrogen-bond donors (Lipinski definition) is 3. The summed E-state index contributed by atoms with van der Waals surface area (Å²) in [4.78, 5) is 13.0. The number of aromatic nitrogens is 6. The summed E-state index contributed by atoms with van der Waals surface area (Å²) >= 11 is 5.27. The fraction of sp³-hybridized carbons (Fsp3) is 0.0357. The van der Waals surface area contributed by atoms with Gasteiger partial charge in [0, 0.05) is 16.8 Å². The van der Waals surface area contributed by atoms with Crippen molar-refractivity contribution < 1.29 is 4.79 Å². The van der Waals surface area contributed by atoms with Crippen LogP contribution < -0.4 is 16.2 Å². The van der Waals surface area contributed by atoms with Crippen molar-refractivity contribution >= 4 is 45.6 Å². The van der Waals surface area contributed by atoms with Crippen LogP contribution in [0.15, 0.2) is 91.0 Å². The first-order chi connectivity index (χ1) is 19.1. The van der Waals surface area contributed by atoms with E-state index in [9.17, 15) is 4.79 Å². The zero-order valence-electron chi connectivity index (χ0n) is 20.7. The Labute approximate surface area is 228 Å². The summed E-state index contributed by atoms with van der Waals surface area (Å²) in [5.74, 6) is -0.516. The third kappa shape index (κ3) is 4.62. The number of hydrogen-bond acceptors (Lipinski definition) is 7. The van der Waals surface area contributed by atoms with Gasteiger partial charge >= 0.3 is 0 Å². The smallest absolute Gasteiger partial charge is 0.292 e. The maximum atomic E-state index is 13.0. The van der Waals surface area contributed by atoms with Gasteiger partial charge in [0.15, 0.2) is 16.5 Å². The zero-order chi connectivity index (χ0) is 26.8. The second-order valence-corrected chi connectivity index (χ2v) is 9.03. The number of carbonyl (C=O) groups excluding carboxylic acids is 1. The average molecular weight is 532 g/mol. The quantitative estimate of drug-likeness (QED) is 0.225. The monoisotopic (exact) mass is 531 g/mol. The molecule has 0 atom stereocenters. The molecule has 3 N–H and O–H groups in total. The van der Waals surface area contributed by atoms with Crippen LogP contribution in [-0.2, 0) is 0 Å². The molecule has 0 aliphatic heterocycles. The van der Waals surface area contributed by atoms with Crippen LogP contribution in [0.3, 0.4) is 0 Å². The molecule has 0 aliphatic carbocycles. The first kappa shape index (κ1) is 24.1. The van der Waals surface area contributed by atoms with Gasteiger partial charge in [-0.15, -0.1) is 25.5 Å². The van der Waals surface area contributed by atoms with Gasteiger partial charge in [-0.1, -0.05) is 78.9 Å². The van der Waals surface area contributed by atoms with E-state index in [4.69, 9.17) is 12.2 Å². The van der Waals surface area contributed by atoms with Crippen LogP contribution >= 0.6 is 12.2 Å². The van der Waals surface area contributed by atoms with Gasteiger partial charge in [0.2, 0.25) is 5.65 Å². The first-order valence-electron chi connectivity index (χ1n) is 12.1. The summed E-state index contributed by atoms with van der Waals surface area (Å²) < 4.78 is 1.57. The van der Waals surface area contributed by atoms with E-state index in [2.05, 4.69) is 41.7 Å². The molecule has 3 aromatic carbocycles. The SMILES string of the molecule is Cc1c(C(=O)NNC(=S)Nc2ccccc2)nnc2c3c(-c4ccccc4)c(-c4ccccc4)nnc3nn12. The Balaban J connectivity index is 1.39. The van der Waals surface area contributed by atoms with Crippen molar-refractivity contribution in [2.45, 2.75) is 6.92 Å². The zero-order valence-corrected chi connectivity index (χ0v) is 21.5. The molecule has 11 heteroatoms. The molecule has 10 nitrogen and oxygen atoms in total. The summed E-state index contributed by atoms with van der Waals surface area (Å²) in [6.07, 6.45) is 0. The Morgan fingerprint density at radius 3 is 2.10 bits per heavy atom. The lowest BCUT2D eigenvalue weighted by Gasteiger charge is -2.12. The van der Waals surface area contributed by atoms with E-state index in [1.807, 2.05) is 91.0 Å². The normalized spacial score (nSPS) is 10.9. The van der Waals surface area contributed by atoms with Crippen LogP contribution in [0.1, 0.15) is 16.2 Å². The van der Waals surface area contributed by atoms with Gasteiger partial charge in [0.1, 0.15) is 5.69 Å². The topological polar surface area (TPSA) is 122 Å². The Hall–Kier alpha value is -5.29. The Bertz CT molecular complexity index is 1820. The van der Waals surface area contributed by atoms with Crippen LogP contribution in [0, 0.1) is 6.92 Å². The molecule has 0 fully saturated rings. The molecule has 0 unspecified atom stereocenters. The number of aryl methyl sites for hydroxylation is 1. The molecule has 6 rings (SSSR count). The molecule has 3 heterocycles. The molecular weight excluding hydrogens is 510 g/mol. The molecule has 3 aromatic heterocycles. The highest BCUT2D eigenvalue weighted by atomic mass is 32.1. The predicted molar refractivity (Wildman–Crippen MR) is 153 cm³/mol. The highest BCUT2D eigenvalue weighted by molar-refractivity contribution is 7.80. The molecule has 190 valence electrons.